The molecule has 1 saturated carbocycles. The van der Waals surface area contributed by atoms with Gasteiger partial charge < -0.3 is 15.3 Å². The molecule has 9 nitrogen and oxygen atoms in total. The minimum atomic E-state index is -0.784. The summed E-state index contributed by atoms with van der Waals surface area (Å²) in [6.07, 6.45) is 3.36. The van der Waals surface area contributed by atoms with E-state index in [9.17, 15) is 34.5 Å². The maximum atomic E-state index is 14.1. The molecule has 4 aliphatic rings. The summed E-state index contributed by atoms with van der Waals surface area (Å²) in [4.78, 5) is 58.3. The van der Waals surface area contributed by atoms with Crippen molar-refractivity contribution >= 4 is 35.2 Å². The molecular weight excluding hydrogens is 608 g/mol. The van der Waals surface area contributed by atoms with Crippen molar-refractivity contribution < 1.29 is 34.5 Å². The van der Waals surface area contributed by atoms with Crippen LogP contribution in [0.4, 0.5) is 0 Å². The first kappa shape index (κ1) is 30.0. The van der Waals surface area contributed by atoms with E-state index in [2.05, 4.69) is 0 Å². The van der Waals surface area contributed by atoms with E-state index in [1.54, 1.807) is 60.7 Å². The van der Waals surface area contributed by atoms with Gasteiger partial charge in [-0.3, -0.25) is 29.0 Å². The normalized spacial score (nSPS) is 27.0. The fourth-order valence-electron chi connectivity index (χ4n) is 8.09. The van der Waals surface area contributed by atoms with Gasteiger partial charge in [-0.05, 0) is 85.2 Å². The van der Waals surface area contributed by atoms with Crippen LogP contribution in [0.3, 0.4) is 0 Å². The highest BCUT2D eigenvalue weighted by molar-refractivity contribution is 6.30. The number of carbonyl (C=O) groups is 4. The van der Waals surface area contributed by atoms with Crippen LogP contribution in [0, 0.1) is 29.6 Å². The predicted octanol–water partition coefficient (Wildman–Crippen LogP) is 4.58. The highest BCUT2D eigenvalue weighted by Gasteiger charge is 2.62. The summed E-state index contributed by atoms with van der Waals surface area (Å²) in [5, 5.41) is 30.7. The lowest BCUT2D eigenvalue weighted by Gasteiger charge is -2.44. The average Bonchev–Trinajstić information content (AvgIpc) is 3.44. The van der Waals surface area contributed by atoms with Crippen LogP contribution in [-0.4, -0.2) is 61.8 Å². The fourth-order valence-corrected chi connectivity index (χ4v) is 8.27. The van der Waals surface area contributed by atoms with Gasteiger partial charge in [-0.25, -0.2) is 0 Å². The molecule has 2 aliphatic carbocycles. The molecule has 0 spiro atoms. The lowest BCUT2D eigenvalue weighted by atomic mass is 9.57. The van der Waals surface area contributed by atoms with E-state index in [1.165, 1.54) is 15.9 Å². The third kappa shape index (κ3) is 5.03. The highest BCUT2D eigenvalue weighted by atomic mass is 35.5. The third-order valence-electron chi connectivity index (χ3n) is 10.3. The number of likely N-dealkylation sites (tertiary alicyclic amines) is 2. The maximum absolute atomic E-state index is 14.1. The summed E-state index contributed by atoms with van der Waals surface area (Å²) in [5.41, 5.74) is 2.97. The van der Waals surface area contributed by atoms with Gasteiger partial charge in [0.15, 0.2) is 0 Å². The smallest absolute Gasteiger partial charge is 0.234 e. The maximum Gasteiger partial charge on any atom is 0.234 e. The number of hydrogen-bond acceptors (Lipinski definition) is 7. The molecule has 2 saturated heterocycles. The number of imide groups is 2. The topological polar surface area (TPSA) is 135 Å². The fraction of sp³-hybridized carbons (Fsp3) is 0.333. The van der Waals surface area contributed by atoms with Crippen LogP contribution in [0.15, 0.2) is 78.4 Å². The van der Waals surface area contributed by atoms with E-state index in [1.807, 2.05) is 6.08 Å². The van der Waals surface area contributed by atoms with Crippen LogP contribution < -0.4 is 0 Å². The van der Waals surface area contributed by atoms with Crippen molar-refractivity contribution in [3.63, 3.8) is 0 Å². The van der Waals surface area contributed by atoms with Gasteiger partial charge in [-0.2, -0.15) is 0 Å². The first-order chi connectivity index (χ1) is 22.1. The molecule has 6 unspecified atom stereocenters. The lowest BCUT2D eigenvalue weighted by molar-refractivity contribution is -0.142. The van der Waals surface area contributed by atoms with Gasteiger partial charge in [0.1, 0.15) is 17.2 Å². The molecule has 0 bridgehead atoms. The minimum Gasteiger partial charge on any atom is -0.508 e. The molecule has 7 rings (SSSR count). The number of allylic oxidation sites excluding steroid dienone is 2. The monoisotopic (exact) mass is 640 g/mol. The molecule has 10 heteroatoms. The molecule has 4 amide bonds. The van der Waals surface area contributed by atoms with Crippen LogP contribution >= 0.6 is 11.6 Å². The Labute approximate surface area is 270 Å². The number of nitrogens with zero attached hydrogens (tertiary/aromatic N) is 2. The predicted molar refractivity (Wildman–Crippen MR) is 168 cm³/mol. The number of carbonyl (C=O) groups excluding carboxylic acids is 4. The van der Waals surface area contributed by atoms with E-state index in [0.29, 0.717) is 29.8 Å². The summed E-state index contributed by atoms with van der Waals surface area (Å²) in [7, 11) is 0. The number of phenolic OH excluding ortho intramolecular Hbond substituents is 3. The number of fused-ring (bicyclic) bond motifs is 4. The van der Waals surface area contributed by atoms with Crippen LogP contribution in [0.1, 0.15) is 35.4 Å². The lowest BCUT2D eigenvalue weighted by Crippen LogP contribution is -2.43. The molecule has 2 aliphatic heterocycles. The van der Waals surface area contributed by atoms with Crippen molar-refractivity contribution in [2.45, 2.75) is 31.6 Å². The van der Waals surface area contributed by atoms with Crippen molar-refractivity contribution in [3.05, 3.63) is 100 Å². The van der Waals surface area contributed by atoms with Crippen molar-refractivity contribution in [2.24, 2.45) is 29.6 Å². The molecule has 46 heavy (non-hydrogen) atoms. The standard InChI is InChI=1S/C36H33ClN2O7/c37-21-5-12-29(42)27(17-21)30-24-10-11-25-31(35(45)38(33(25)43)15-13-19-1-6-22(40)7-2-19)26(24)18-28-32(30)36(46)39(34(28)44)16-14-20-3-8-23(41)9-4-20/h1-10,12,17,25-26,28,30-32,40-42H,11,13-16,18H2. The van der Waals surface area contributed by atoms with E-state index in [0.717, 1.165) is 16.7 Å². The summed E-state index contributed by atoms with van der Waals surface area (Å²) in [6, 6.07) is 17.9. The number of phenols is 3. The van der Waals surface area contributed by atoms with E-state index >= 15 is 0 Å². The van der Waals surface area contributed by atoms with Crippen molar-refractivity contribution in [3.8, 4) is 17.2 Å². The van der Waals surface area contributed by atoms with Crippen LogP contribution in [0.25, 0.3) is 0 Å². The molecule has 3 aromatic rings. The molecule has 3 N–H and O–H groups in total. The Morgan fingerprint density at radius 3 is 1.78 bits per heavy atom. The van der Waals surface area contributed by atoms with Gasteiger partial charge >= 0.3 is 0 Å². The zero-order valence-electron chi connectivity index (χ0n) is 24.9. The number of amides is 4. The molecular formula is C36H33ClN2O7. The summed E-state index contributed by atoms with van der Waals surface area (Å²) in [5.74, 6) is -4.86. The number of aromatic hydroxyl groups is 3. The van der Waals surface area contributed by atoms with Gasteiger partial charge in [-0.1, -0.05) is 47.5 Å². The quantitative estimate of drug-likeness (QED) is 0.254. The Bertz CT molecular complexity index is 1770. The Hall–Kier alpha value is -4.63. The van der Waals surface area contributed by atoms with Crippen LogP contribution in [0.2, 0.25) is 5.02 Å². The number of benzene rings is 3. The van der Waals surface area contributed by atoms with Crippen molar-refractivity contribution in [2.75, 3.05) is 13.1 Å². The highest BCUT2D eigenvalue weighted by Crippen LogP contribution is 2.59. The van der Waals surface area contributed by atoms with Crippen LogP contribution in [-0.2, 0) is 32.0 Å². The molecule has 0 aromatic heterocycles. The number of rotatable bonds is 7. The summed E-state index contributed by atoms with van der Waals surface area (Å²) < 4.78 is 0. The van der Waals surface area contributed by atoms with E-state index < -0.39 is 35.5 Å². The Kier molecular flexibility index (Phi) is 7.59. The molecule has 3 fully saturated rings. The zero-order chi connectivity index (χ0) is 32.3. The van der Waals surface area contributed by atoms with E-state index in [-0.39, 0.29) is 60.4 Å². The van der Waals surface area contributed by atoms with Crippen LogP contribution in [0.5, 0.6) is 17.2 Å². The second-order valence-electron chi connectivity index (χ2n) is 12.7. The van der Waals surface area contributed by atoms with E-state index in [4.69, 9.17) is 11.6 Å². The second-order valence-corrected chi connectivity index (χ2v) is 13.2. The molecule has 6 atom stereocenters. The largest absolute Gasteiger partial charge is 0.508 e. The summed E-state index contributed by atoms with van der Waals surface area (Å²) >= 11 is 6.39. The Morgan fingerprint density at radius 1 is 0.652 bits per heavy atom. The third-order valence-corrected chi connectivity index (χ3v) is 10.5. The van der Waals surface area contributed by atoms with Gasteiger partial charge in [0, 0.05) is 29.6 Å². The first-order valence-corrected chi connectivity index (χ1v) is 15.9. The van der Waals surface area contributed by atoms with Gasteiger partial charge in [0.25, 0.3) is 0 Å². The molecule has 3 aromatic carbocycles. The minimum absolute atomic E-state index is 0.0519. The zero-order valence-corrected chi connectivity index (χ0v) is 25.6. The SMILES string of the molecule is O=C1C2CC=C3C(CC4C(=O)N(CCc5ccc(O)cc5)C(=O)C4C3c3cc(Cl)ccc3O)C2C(=O)N1CCc1ccc(O)cc1. The first-order valence-electron chi connectivity index (χ1n) is 15.6. The number of hydrogen-bond donors (Lipinski definition) is 3. The molecule has 2 heterocycles. The van der Waals surface area contributed by atoms with Crippen molar-refractivity contribution in [1.82, 2.24) is 9.80 Å². The van der Waals surface area contributed by atoms with Gasteiger partial charge in [0.05, 0.1) is 23.7 Å². The molecule has 236 valence electrons. The Balaban J connectivity index is 1.21. The summed E-state index contributed by atoms with van der Waals surface area (Å²) in [6.45, 7) is 0.354. The average molecular weight is 641 g/mol. The molecule has 0 radical (unpaired) electrons. The number of halogens is 1. The second kappa shape index (κ2) is 11.6. The van der Waals surface area contributed by atoms with Gasteiger partial charge in [0.2, 0.25) is 23.6 Å². The van der Waals surface area contributed by atoms with Gasteiger partial charge in [-0.15, -0.1) is 0 Å². The van der Waals surface area contributed by atoms with Crippen molar-refractivity contribution in [1.29, 1.82) is 0 Å². The Morgan fingerprint density at radius 2 is 1.20 bits per heavy atom.